The Labute approximate surface area is 154 Å². The Bertz CT molecular complexity index is 1050. The third kappa shape index (κ3) is 3.15. The van der Waals surface area contributed by atoms with E-state index in [4.69, 9.17) is 16.3 Å². The van der Waals surface area contributed by atoms with Crippen molar-refractivity contribution in [1.29, 1.82) is 0 Å². The molecular formula is C19H16ClN3O3. The molecule has 1 aliphatic heterocycles. The first-order valence-corrected chi connectivity index (χ1v) is 8.65. The van der Waals surface area contributed by atoms with Crippen LogP contribution < -0.4 is 15.6 Å². The molecule has 0 saturated carbocycles. The van der Waals surface area contributed by atoms with Gasteiger partial charge in [0, 0.05) is 17.0 Å². The van der Waals surface area contributed by atoms with Crippen LogP contribution in [0.1, 0.15) is 18.0 Å². The SMILES string of the molecule is O=C(Cn1cnc2ccc(Cl)cc2c1=O)NC1CCOc2ccccc21. The molecule has 0 aliphatic carbocycles. The molecule has 0 bridgehead atoms. The molecule has 1 atom stereocenters. The van der Waals surface area contributed by atoms with Gasteiger partial charge in [0.1, 0.15) is 12.3 Å². The summed E-state index contributed by atoms with van der Waals surface area (Å²) in [5.74, 6) is 0.528. The highest BCUT2D eigenvalue weighted by Crippen LogP contribution is 2.31. The lowest BCUT2D eigenvalue weighted by Gasteiger charge is -2.26. The third-order valence-corrected chi connectivity index (χ3v) is 4.63. The minimum Gasteiger partial charge on any atom is -0.493 e. The molecule has 6 nitrogen and oxygen atoms in total. The van der Waals surface area contributed by atoms with Crippen LogP contribution in [0.25, 0.3) is 10.9 Å². The monoisotopic (exact) mass is 369 g/mol. The molecule has 26 heavy (non-hydrogen) atoms. The molecular weight excluding hydrogens is 354 g/mol. The lowest BCUT2D eigenvalue weighted by molar-refractivity contribution is -0.122. The summed E-state index contributed by atoms with van der Waals surface area (Å²) in [6.45, 7) is 0.436. The van der Waals surface area contributed by atoms with E-state index in [2.05, 4.69) is 10.3 Å². The fraction of sp³-hybridized carbons (Fsp3) is 0.211. The van der Waals surface area contributed by atoms with E-state index in [1.807, 2.05) is 24.3 Å². The van der Waals surface area contributed by atoms with Gasteiger partial charge in [-0.15, -0.1) is 0 Å². The summed E-state index contributed by atoms with van der Waals surface area (Å²) in [5.41, 5.74) is 1.21. The fourth-order valence-corrected chi connectivity index (χ4v) is 3.30. The minimum absolute atomic E-state index is 0.103. The van der Waals surface area contributed by atoms with Crippen molar-refractivity contribution < 1.29 is 9.53 Å². The van der Waals surface area contributed by atoms with E-state index in [1.54, 1.807) is 18.2 Å². The van der Waals surface area contributed by atoms with Gasteiger partial charge in [-0.2, -0.15) is 0 Å². The summed E-state index contributed by atoms with van der Waals surface area (Å²) in [4.78, 5) is 29.3. The number of fused-ring (bicyclic) bond motifs is 2. The zero-order chi connectivity index (χ0) is 18.1. The van der Waals surface area contributed by atoms with Crippen LogP contribution in [-0.4, -0.2) is 22.1 Å². The van der Waals surface area contributed by atoms with Crippen LogP contribution in [0.15, 0.2) is 53.6 Å². The molecule has 1 unspecified atom stereocenters. The van der Waals surface area contributed by atoms with Crippen LogP contribution in [0.4, 0.5) is 0 Å². The number of halogens is 1. The third-order valence-electron chi connectivity index (χ3n) is 4.39. The topological polar surface area (TPSA) is 73.2 Å². The van der Waals surface area contributed by atoms with Crippen molar-refractivity contribution in [2.75, 3.05) is 6.61 Å². The first-order valence-electron chi connectivity index (χ1n) is 8.27. The average Bonchev–Trinajstić information content (AvgIpc) is 2.65. The number of nitrogens with zero attached hydrogens (tertiary/aromatic N) is 2. The van der Waals surface area contributed by atoms with Crippen LogP contribution in [0.2, 0.25) is 5.02 Å². The van der Waals surface area contributed by atoms with Gasteiger partial charge < -0.3 is 10.1 Å². The molecule has 0 saturated heterocycles. The van der Waals surface area contributed by atoms with E-state index in [-0.39, 0.29) is 24.1 Å². The number of aromatic nitrogens is 2. The maximum Gasteiger partial charge on any atom is 0.261 e. The lowest BCUT2D eigenvalue weighted by Crippen LogP contribution is -2.36. The molecule has 1 aromatic heterocycles. The molecule has 1 amide bonds. The second kappa shape index (κ2) is 6.80. The van der Waals surface area contributed by atoms with Gasteiger partial charge in [0.15, 0.2) is 0 Å². The number of nitrogens with one attached hydrogen (secondary N) is 1. The predicted molar refractivity (Wildman–Crippen MR) is 98.5 cm³/mol. The van der Waals surface area contributed by atoms with E-state index in [0.717, 1.165) is 11.3 Å². The molecule has 3 aromatic rings. The van der Waals surface area contributed by atoms with Gasteiger partial charge in [-0.05, 0) is 24.3 Å². The molecule has 7 heteroatoms. The van der Waals surface area contributed by atoms with E-state index in [0.29, 0.717) is 29.0 Å². The largest absolute Gasteiger partial charge is 0.493 e. The number of hydrogen-bond donors (Lipinski definition) is 1. The molecule has 0 radical (unpaired) electrons. The number of para-hydroxylation sites is 1. The molecule has 4 rings (SSSR count). The first kappa shape index (κ1) is 16.6. The van der Waals surface area contributed by atoms with Gasteiger partial charge in [0.25, 0.3) is 5.56 Å². The van der Waals surface area contributed by atoms with Gasteiger partial charge in [-0.1, -0.05) is 29.8 Å². The highest BCUT2D eigenvalue weighted by molar-refractivity contribution is 6.31. The van der Waals surface area contributed by atoms with Crippen LogP contribution in [0.3, 0.4) is 0 Å². The molecule has 0 fully saturated rings. The van der Waals surface area contributed by atoms with E-state index in [1.165, 1.54) is 10.9 Å². The van der Waals surface area contributed by atoms with Crippen LogP contribution >= 0.6 is 11.6 Å². The Morgan fingerprint density at radius 3 is 3.04 bits per heavy atom. The van der Waals surface area contributed by atoms with Crippen molar-refractivity contribution in [2.24, 2.45) is 0 Å². The van der Waals surface area contributed by atoms with Crippen molar-refractivity contribution >= 4 is 28.4 Å². The molecule has 132 valence electrons. The summed E-state index contributed by atoms with van der Waals surface area (Å²) >= 11 is 5.96. The summed E-state index contributed by atoms with van der Waals surface area (Å²) in [6, 6.07) is 12.4. The highest BCUT2D eigenvalue weighted by atomic mass is 35.5. The molecule has 2 heterocycles. The number of amides is 1. The Balaban J connectivity index is 1.55. The summed E-state index contributed by atoms with van der Waals surface area (Å²) in [5, 5.41) is 3.83. The van der Waals surface area contributed by atoms with E-state index < -0.39 is 0 Å². The summed E-state index contributed by atoms with van der Waals surface area (Å²) < 4.78 is 6.89. The number of carbonyl (C=O) groups is 1. The Kier molecular flexibility index (Phi) is 4.34. The smallest absolute Gasteiger partial charge is 0.261 e. The van der Waals surface area contributed by atoms with Gasteiger partial charge in [-0.25, -0.2) is 4.98 Å². The van der Waals surface area contributed by atoms with Gasteiger partial charge >= 0.3 is 0 Å². The van der Waals surface area contributed by atoms with Crippen molar-refractivity contribution in [1.82, 2.24) is 14.9 Å². The minimum atomic E-state index is -0.292. The molecule has 1 N–H and O–H groups in total. The summed E-state index contributed by atoms with van der Waals surface area (Å²) in [7, 11) is 0. The first-order chi connectivity index (χ1) is 12.6. The van der Waals surface area contributed by atoms with E-state index >= 15 is 0 Å². The van der Waals surface area contributed by atoms with Gasteiger partial charge in [0.2, 0.25) is 5.91 Å². The highest BCUT2D eigenvalue weighted by Gasteiger charge is 2.22. The van der Waals surface area contributed by atoms with Crippen molar-refractivity contribution in [3.05, 3.63) is 69.7 Å². The van der Waals surface area contributed by atoms with Crippen molar-refractivity contribution in [3.63, 3.8) is 0 Å². The Morgan fingerprint density at radius 1 is 1.31 bits per heavy atom. The number of benzene rings is 2. The standard InChI is InChI=1S/C19H16ClN3O3/c20-12-5-6-15-14(9-12)19(25)23(11-21-15)10-18(24)22-16-7-8-26-17-4-2-1-3-13(16)17/h1-6,9,11,16H,7-8,10H2,(H,22,24). The van der Waals surface area contributed by atoms with Gasteiger partial charge in [-0.3, -0.25) is 14.2 Å². The second-order valence-electron chi connectivity index (χ2n) is 6.13. The maximum absolute atomic E-state index is 12.6. The zero-order valence-corrected chi connectivity index (χ0v) is 14.6. The molecule has 2 aromatic carbocycles. The Morgan fingerprint density at radius 2 is 2.15 bits per heavy atom. The second-order valence-corrected chi connectivity index (χ2v) is 6.57. The quantitative estimate of drug-likeness (QED) is 0.770. The van der Waals surface area contributed by atoms with E-state index in [9.17, 15) is 9.59 Å². The lowest BCUT2D eigenvalue weighted by atomic mass is 10.0. The maximum atomic E-state index is 12.6. The molecule has 1 aliphatic rings. The average molecular weight is 370 g/mol. The number of ether oxygens (including phenoxy) is 1. The van der Waals surface area contributed by atoms with Crippen LogP contribution in [-0.2, 0) is 11.3 Å². The van der Waals surface area contributed by atoms with Crippen molar-refractivity contribution in [2.45, 2.75) is 19.0 Å². The summed E-state index contributed by atoms with van der Waals surface area (Å²) in [6.07, 6.45) is 2.07. The van der Waals surface area contributed by atoms with Crippen LogP contribution in [0, 0.1) is 0 Å². The van der Waals surface area contributed by atoms with Crippen molar-refractivity contribution in [3.8, 4) is 5.75 Å². The van der Waals surface area contributed by atoms with Gasteiger partial charge in [0.05, 0.1) is 29.9 Å². The number of rotatable bonds is 3. The predicted octanol–water partition coefficient (Wildman–Crippen LogP) is 2.69. The number of carbonyl (C=O) groups excluding carboxylic acids is 1. The fourth-order valence-electron chi connectivity index (χ4n) is 3.13. The molecule has 0 spiro atoms. The number of hydrogen-bond acceptors (Lipinski definition) is 4. The van der Waals surface area contributed by atoms with Crippen LogP contribution in [0.5, 0.6) is 5.75 Å². The Hall–Kier alpha value is -2.86. The normalized spacial score (nSPS) is 16.0. The zero-order valence-electron chi connectivity index (χ0n) is 13.8.